The van der Waals surface area contributed by atoms with Crippen LogP contribution in [0.3, 0.4) is 0 Å². The van der Waals surface area contributed by atoms with Gasteiger partial charge in [-0.05, 0) is 19.3 Å². The van der Waals surface area contributed by atoms with Crippen molar-refractivity contribution in [2.24, 2.45) is 5.73 Å². The van der Waals surface area contributed by atoms with E-state index in [0.29, 0.717) is 24.2 Å². The van der Waals surface area contributed by atoms with Crippen molar-refractivity contribution in [1.82, 2.24) is 4.90 Å². The molecule has 16 heavy (non-hydrogen) atoms. The van der Waals surface area contributed by atoms with Gasteiger partial charge in [-0.1, -0.05) is 0 Å². The molecule has 2 atom stereocenters. The van der Waals surface area contributed by atoms with Crippen molar-refractivity contribution in [2.45, 2.75) is 37.6 Å². The number of carbonyl (C=O) groups is 1. The summed E-state index contributed by atoms with van der Waals surface area (Å²) in [4.78, 5) is 11.8. The monoisotopic (exact) mass is 240 g/mol. The first-order valence-corrected chi connectivity index (χ1v) is 5.14. The van der Waals surface area contributed by atoms with Crippen LogP contribution in [-0.2, 0) is 4.79 Å². The van der Waals surface area contributed by atoms with Gasteiger partial charge in [-0.3, -0.25) is 4.79 Å². The number of carbonyl (C=O) groups excluding carboxylic acids is 1. The Kier molecular flexibility index (Phi) is 4.15. The van der Waals surface area contributed by atoms with Crippen molar-refractivity contribution in [2.75, 3.05) is 13.1 Å². The quantitative estimate of drug-likeness (QED) is 0.727. The molecule has 1 amide bonds. The van der Waals surface area contributed by atoms with Crippen LogP contribution in [0.5, 0.6) is 0 Å². The molecule has 0 aromatic carbocycles. The van der Waals surface area contributed by atoms with Crippen molar-refractivity contribution in [3.05, 3.63) is 0 Å². The molecule has 0 bridgehead atoms. The van der Waals surface area contributed by atoms with Crippen LogP contribution in [0.15, 0.2) is 0 Å². The molecule has 94 valence electrons. The summed E-state index contributed by atoms with van der Waals surface area (Å²) in [5.74, 6) is -1.88. The van der Waals surface area contributed by atoms with Crippen molar-refractivity contribution < 1.29 is 23.1 Å². The fraction of sp³-hybridized carbons (Fsp3) is 0.889. The lowest BCUT2D eigenvalue weighted by atomic mass is 9.97. The lowest BCUT2D eigenvalue weighted by molar-refractivity contribution is -0.191. The Morgan fingerprint density at radius 1 is 1.50 bits per heavy atom. The molecule has 7 heteroatoms. The minimum Gasteiger partial charge on any atom is -0.390 e. The highest BCUT2D eigenvalue weighted by Crippen LogP contribution is 2.26. The van der Waals surface area contributed by atoms with Crippen molar-refractivity contribution in [3.8, 4) is 0 Å². The number of piperidine rings is 1. The summed E-state index contributed by atoms with van der Waals surface area (Å²) in [6.07, 6.45) is -4.39. The summed E-state index contributed by atoms with van der Waals surface area (Å²) in [5, 5.41) is 9.48. The predicted molar refractivity (Wildman–Crippen MR) is 50.5 cm³/mol. The van der Waals surface area contributed by atoms with Gasteiger partial charge in [0.25, 0.3) is 0 Å². The number of hydrogen-bond acceptors (Lipinski definition) is 3. The smallest absolute Gasteiger partial charge is 0.390 e. The summed E-state index contributed by atoms with van der Waals surface area (Å²) in [6, 6.07) is -0.812. The maximum Gasteiger partial charge on any atom is 0.471 e. The van der Waals surface area contributed by atoms with E-state index in [1.807, 2.05) is 0 Å². The largest absolute Gasteiger partial charge is 0.471 e. The van der Waals surface area contributed by atoms with E-state index in [-0.39, 0.29) is 13.1 Å². The van der Waals surface area contributed by atoms with E-state index in [2.05, 4.69) is 0 Å². The lowest BCUT2D eigenvalue weighted by Gasteiger charge is -2.38. The molecular formula is C9H15F3N2O2. The highest BCUT2D eigenvalue weighted by atomic mass is 19.4. The van der Waals surface area contributed by atoms with Gasteiger partial charge in [-0.25, -0.2) is 0 Å². The zero-order valence-electron chi connectivity index (χ0n) is 8.70. The molecule has 2 unspecified atom stereocenters. The van der Waals surface area contributed by atoms with Gasteiger partial charge in [-0.15, -0.1) is 0 Å². The van der Waals surface area contributed by atoms with Crippen LogP contribution < -0.4 is 5.73 Å². The maximum absolute atomic E-state index is 12.3. The minimum absolute atomic E-state index is 0.0278. The second kappa shape index (κ2) is 5.01. The van der Waals surface area contributed by atoms with E-state index in [1.165, 1.54) is 0 Å². The van der Waals surface area contributed by atoms with E-state index in [1.54, 1.807) is 0 Å². The molecule has 0 aromatic heterocycles. The molecule has 1 heterocycles. The Labute approximate surface area is 91.2 Å². The van der Waals surface area contributed by atoms with Crippen LogP contribution in [0.4, 0.5) is 13.2 Å². The van der Waals surface area contributed by atoms with Crippen LogP contribution in [-0.4, -0.2) is 47.3 Å². The lowest BCUT2D eigenvalue weighted by Crippen LogP contribution is -2.55. The zero-order chi connectivity index (χ0) is 12.3. The van der Waals surface area contributed by atoms with E-state index < -0.39 is 24.2 Å². The third kappa shape index (κ3) is 2.85. The first-order valence-electron chi connectivity index (χ1n) is 5.14. The van der Waals surface area contributed by atoms with Gasteiger partial charge in [0.1, 0.15) is 0 Å². The SMILES string of the molecule is NCC(O)C1CCCCN1C(=O)C(F)(F)F. The average Bonchev–Trinajstić information content (AvgIpc) is 2.25. The van der Waals surface area contributed by atoms with E-state index in [4.69, 9.17) is 5.73 Å². The van der Waals surface area contributed by atoms with Crippen LogP contribution in [0.2, 0.25) is 0 Å². The molecule has 3 N–H and O–H groups in total. The number of nitrogens with two attached hydrogens (primary N) is 1. The van der Waals surface area contributed by atoms with E-state index in [0.717, 1.165) is 0 Å². The molecule has 1 aliphatic heterocycles. The number of amides is 1. The normalized spacial score (nSPS) is 24.3. The van der Waals surface area contributed by atoms with Gasteiger partial charge >= 0.3 is 12.1 Å². The third-order valence-electron chi connectivity index (χ3n) is 2.74. The van der Waals surface area contributed by atoms with Crippen molar-refractivity contribution in [1.29, 1.82) is 0 Å². The average molecular weight is 240 g/mol. The van der Waals surface area contributed by atoms with Gasteiger partial charge < -0.3 is 15.7 Å². The third-order valence-corrected chi connectivity index (χ3v) is 2.74. The van der Waals surface area contributed by atoms with Crippen LogP contribution in [0, 0.1) is 0 Å². The maximum atomic E-state index is 12.3. The topological polar surface area (TPSA) is 66.6 Å². The van der Waals surface area contributed by atoms with Gasteiger partial charge in [0.05, 0.1) is 12.1 Å². The molecule has 1 fully saturated rings. The number of halogens is 3. The molecule has 1 saturated heterocycles. The highest BCUT2D eigenvalue weighted by Gasteiger charge is 2.46. The van der Waals surface area contributed by atoms with Crippen molar-refractivity contribution in [3.63, 3.8) is 0 Å². The number of rotatable bonds is 2. The van der Waals surface area contributed by atoms with Crippen molar-refractivity contribution >= 4 is 5.91 Å². The Balaban J connectivity index is 2.78. The van der Waals surface area contributed by atoms with Crippen LogP contribution >= 0.6 is 0 Å². The molecule has 1 aliphatic rings. The first-order chi connectivity index (χ1) is 7.38. The molecule has 0 aliphatic carbocycles. The number of likely N-dealkylation sites (tertiary alicyclic amines) is 1. The minimum atomic E-state index is -4.89. The fourth-order valence-electron chi connectivity index (χ4n) is 1.93. The predicted octanol–water partition coefficient (Wildman–Crippen LogP) is 0.249. The Hall–Kier alpha value is -0.820. The summed E-state index contributed by atoms with van der Waals surface area (Å²) in [5.41, 5.74) is 5.21. The standard InChI is InChI=1S/C9H15F3N2O2/c10-9(11,12)8(16)14-4-2-1-3-6(14)7(15)5-13/h6-7,15H,1-5,13H2. The van der Waals surface area contributed by atoms with Crippen LogP contribution in [0.25, 0.3) is 0 Å². The summed E-state index contributed by atoms with van der Waals surface area (Å²) in [6.45, 7) is -0.119. The van der Waals surface area contributed by atoms with Gasteiger partial charge in [0, 0.05) is 13.1 Å². The number of nitrogens with zero attached hydrogens (tertiary/aromatic N) is 1. The molecule has 1 rings (SSSR count). The Morgan fingerprint density at radius 3 is 2.62 bits per heavy atom. The molecule has 0 aromatic rings. The summed E-state index contributed by atoms with van der Waals surface area (Å²) in [7, 11) is 0. The number of hydrogen-bond donors (Lipinski definition) is 2. The molecular weight excluding hydrogens is 225 g/mol. The highest BCUT2D eigenvalue weighted by molar-refractivity contribution is 5.82. The van der Waals surface area contributed by atoms with E-state index in [9.17, 15) is 23.1 Å². The van der Waals surface area contributed by atoms with Gasteiger partial charge in [0.15, 0.2) is 0 Å². The zero-order valence-corrected chi connectivity index (χ0v) is 8.70. The molecule has 0 saturated carbocycles. The number of aliphatic hydroxyl groups is 1. The van der Waals surface area contributed by atoms with Crippen LogP contribution in [0.1, 0.15) is 19.3 Å². The Morgan fingerprint density at radius 2 is 2.12 bits per heavy atom. The number of aliphatic hydroxyl groups excluding tert-OH is 1. The second-order valence-electron chi connectivity index (χ2n) is 3.86. The molecule has 4 nitrogen and oxygen atoms in total. The summed E-state index contributed by atoms with van der Waals surface area (Å²) < 4.78 is 36.8. The van der Waals surface area contributed by atoms with Gasteiger partial charge in [0.2, 0.25) is 0 Å². The first kappa shape index (κ1) is 13.2. The summed E-state index contributed by atoms with van der Waals surface area (Å²) >= 11 is 0. The second-order valence-corrected chi connectivity index (χ2v) is 3.86. The van der Waals surface area contributed by atoms with Gasteiger partial charge in [-0.2, -0.15) is 13.2 Å². The number of alkyl halides is 3. The fourth-order valence-corrected chi connectivity index (χ4v) is 1.93. The Bertz CT molecular complexity index is 258. The molecule has 0 spiro atoms. The van der Waals surface area contributed by atoms with E-state index >= 15 is 0 Å². The molecule has 0 radical (unpaired) electrons.